The van der Waals surface area contributed by atoms with Gasteiger partial charge in [0, 0.05) is 0 Å². The lowest BCUT2D eigenvalue weighted by Crippen LogP contribution is -2.28. The van der Waals surface area contributed by atoms with E-state index in [9.17, 15) is 22.3 Å². The Bertz CT molecular complexity index is 310. The Morgan fingerprint density at radius 3 is 1.83 bits per heavy atom. The van der Waals surface area contributed by atoms with E-state index in [1.807, 2.05) is 0 Å². The molecule has 110 valence electrons. The molecule has 2 unspecified atom stereocenters. The van der Waals surface area contributed by atoms with Crippen molar-refractivity contribution in [3.8, 4) is 0 Å². The molecule has 0 amide bonds. The highest BCUT2D eigenvalue weighted by Crippen LogP contribution is 2.66. The van der Waals surface area contributed by atoms with E-state index in [1.165, 1.54) is 20.8 Å². The molecule has 0 N–H and O–H groups in total. The van der Waals surface area contributed by atoms with Crippen molar-refractivity contribution in [2.45, 2.75) is 32.3 Å². The van der Waals surface area contributed by atoms with Crippen molar-refractivity contribution in [1.82, 2.24) is 0 Å². The molecule has 0 bridgehead atoms. The second-order valence-electron chi connectivity index (χ2n) is 3.07. The van der Waals surface area contributed by atoms with E-state index in [0.29, 0.717) is 0 Å². The summed E-state index contributed by atoms with van der Waals surface area (Å²) in [5.41, 5.74) is 0. The normalized spacial score (nSPS) is 16.6. The molecule has 0 aromatic heterocycles. The molecule has 0 aliphatic rings. The Balaban J connectivity index is 5.38. The SMILES string of the molecule is CCO[PH](=O)C(C(F)(F)F)P(=O)(OCC)OCC. The van der Waals surface area contributed by atoms with Gasteiger partial charge in [-0.15, -0.1) is 0 Å². The Morgan fingerprint density at radius 2 is 1.56 bits per heavy atom. The molecule has 0 aromatic rings. The van der Waals surface area contributed by atoms with E-state index in [1.54, 1.807) is 0 Å². The van der Waals surface area contributed by atoms with Crippen molar-refractivity contribution < 1.29 is 35.9 Å². The van der Waals surface area contributed by atoms with Crippen molar-refractivity contribution in [1.29, 1.82) is 0 Å². The predicted octanol–water partition coefficient (Wildman–Crippen LogP) is 3.65. The second kappa shape index (κ2) is 7.65. The molecule has 0 heterocycles. The zero-order chi connectivity index (χ0) is 14.4. The minimum atomic E-state index is -4.98. The van der Waals surface area contributed by atoms with E-state index in [4.69, 9.17) is 0 Å². The maximum absolute atomic E-state index is 12.8. The first kappa shape index (κ1) is 18.1. The molecule has 0 saturated carbocycles. The van der Waals surface area contributed by atoms with Crippen LogP contribution < -0.4 is 0 Å². The summed E-state index contributed by atoms with van der Waals surface area (Å²) in [6.45, 7) is 3.47. The molecule has 0 fully saturated rings. The molecule has 0 aliphatic carbocycles. The summed E-state index contributed by atoms with van der Waals surface area (Å²) < 4.78 is 75.7. The van der Waals surface area contributed by atoms with Gasteiger partial charge in [0.2, 0.25) is 13.4 Å². The minimum Gasteiger partial charge on any atom is -0.330 e. The summed E-state index contributed by atoms with van der Waals surface area (Å²) >= 11 is 0. The molecule has 0 radical (unpaired) electrons. The lowest BCUT2D eigenvalue weighted by Gasteiger charge is -2.27. The first-order chi connectivity index (χ1) is 8.22. The summed E-state index contributed by atoms with van der Waals surface area (Å²) in [6, 6.07) is 0. The average Bonchev–Trinajstić information content (AvgIpc) is 2.15. The van der Waals surface area contributed by atoms with Crippen molar-refractivity contribution in [2.75, 3.05) is 19.8 Å². The number of rotatable bonds is 8. The topological polar surface area (TPSA) is 61.8 Å². The Morgan fingerprint density at radius 1 is 1.11 bits per heavy atom. The molecule has 5 nitrogen and oxygen atoms in total. The number of halogens is 3. The molecule has 0 spiro atoms. The van der Waals surface area contributed by atoms with Gasteiger partial charge in [0.05, 0.1) is 19.8 Å². The van der Waals surface area contributed by atoms with Crippen LogP contribution in [0.3, 0.4) is 0 Å². The van der Waals surface area contributed by atoms with Gasteiger partial charge in [0.15, 0.2) is 0 Å². The van der Waals surface area contributed by atoms with E-state index in [2.05, 4.69) is 13.6 Å². The molecule has 0 rings (SSSR count). The van der Waals surface area contributed by atoms with Crippen molar-refractivity contribution in [2.24, 2.45) is 0 Å². The highest BCUT2D eigenvalue weighted by molar-refractivity contribution is 7.67. The van der Waals surface area contributed by atoms with Crippen molar-refractivity contribution in [3.05, 3.63) is 0 Å². The van der Waals surface area contributed by atoms with Gasteiger partial charge in [-0.1, -0.05) is 0 Å². The van der Waals surface area contributed by atoms with Crippen LogP contribution in [0.5, 0.6) is 0 Å². The average molecular weight is 312 g/mol. The van der Waals surface area contributed by atoms with Crippen LogP contribution in [-0.4, -0.2) is 31.4 Å². The van der Waals surface area contributed by atoms with Crippen LogP contribution in [0.1, 0.15) is 20.8 Å². The molecule has 18 heavy (non-hydrogen) atoms. The van der Waals surface area contributed by atoms with E-state index < -0.39 is 27.2 Å². The minimum absolute atomic E-state index is 0.178. The molecule has 0 aliphatic heterocycles. The fraction of sp³-hybridized carbons (Fsp3) is 1.00. The van der Waals surface area contributed by atoms with Crippen molar-refractivity contribution >= 4 is 15.6 Å². The molecule has 10 heteroatoms. The summed E-state index contributed by atoms with van der Waals surface area (Å²) in [7, 11) is -8.18. The van der Waals surface area contributed by atoms with Crippen LogP contribution >= 0.6 is 15.6 Å². The first-order valence-corrected chi connectivity index (χ1v) is 8.35. The van der Waals surface area contributed by atoms with Crippen LogP contribution in [-0.2, 0) is 22.7 Å². The summed E-state index contributed by atoms with van der Waals surface area (Å²) in [4.78, 5) is 0. The van der Waals surface area contributed by atoms with E-state index >= 15 is 0 Å². The highest BCUT2D eigenvalue weighted by atomic mass is 31.2. The third-order valence-corrected chi connectivity index (χ3v) is 6.84. The van der Waals surface area contributed by atoms with Crippen LogP contribution in [0, 0.1) is 0 Å². The summed E-state index contributed by atoms with van der Waals surface area (Å²) in [6.07, 6.45) is -4.98. The van der Waals surface area contributed by atoms with Gasteiger partial charge in [-0.25, -0.2) is 0 Å². The number of hydrogen-bond donors (Lipinski definition) is 0. The predicted molar refractivity (Wildman–Crippen MR) is 61.3 cm³/mol. The molecule has 0 saturated heterocycles. The summed E-state index contributed by atoms with van der Waals surface area (Å²) in [5, 5.41) is -2.73. The van der Waals surface area contributed by atoms with Crippen LogP contribution in [0.2, 0.25) is 0 Å². The quantitative estimate of drug-likeness (QED) is 0.640. The van der Waals surface area contributed by atoms with Gasteiger partial charge in [-0.05, 0) is 20.8 Å². The molecular formula is C8H17F3O5P2. The van der Waals surface area contributed by atoms with Gasteiger partial charge in [0.25, 0.3) is 0 Å². The Labute approximate surface area is 104 Å². The third kappa shape index (κ3) is 5.02. The smallest absolute Gasteiger partial charge is 0.330 e. The van der Waals surface area contributed by atoms with Crippen molar-refractivity contribution in [3.63, 3.8) is 0 Å². The van der Waals surface area contributed by atoms with Crippen LogP contribution in [0.4, 0.5) is 13.2 Å². The lowest BCUT2D eigenvalue weighted by atomic mass is 10.8. The van der Waals surface area contributed by atoms with Gasteiger partial charge in [0.1, 0.15) is 0 Å². The summed E-state index contributed by atoms with van der Waals surface area (Å²) in [5.74, 6) is 0. The second-order valence-corrected chi connectivity index (χ2v) is 7.17. The zero-order valence-corrected chi connectivity index (χ0v) is 12.2. The Hall–Kier alpha value is 0.130. The maximum Gasteiger partial charge on any atom is 0.411 e. The fourth-order valence-corrected chi connectivity index (χ4v) is 5.07. The van der Waals surface area contributed by atoms with E-state index in [-0.39, 0.29) is 19.8 Å². The monoisotopic (exact) mass is 312 g/mol. The largest absolute Gasteiger partial charge is 0.411 e. The first-order valence-electron chi connectivity index (χ1n) is 5.35. The van der Waals surface area contributed by atoms with Crippen LogP contribution in [0.15, 0.2) is 0 Å². The number of alkyl halides is 3. The Kier molecular flexibility index (Phi) is 7.71. The zero-order valence-electron chi connectivity index (χ0n) is 10.3. The maximum atomic E-state index is 12.8. The molecule has 0 aromatic carbocycles. The van der Waals surface area contributed by atoms with Gasteiger partial charge in [-0.2, -0.15) is 13.2 Å². The van der Waals surface area contributed by atoms with Gasteiger partial charge >= 0.3 is 13.8 Å². The number of hydrogen-bond acceptors (Lipinski definition) is 5. The highest BCUT2D eigenvalue weighted by Gasteiger charge is 2.57. The third-order valence-electron chi connectivity index (χ3n) is 1.75. The van der Waals surface area contributed by atoms with Crippen LogP contribution in [0.25, 0.3) is 0 Å². The standard InChI is InChI=1S/C8H17F3O5P2/c1-4-14-17(12)7(8(9,10)11)18(13,15-5-2)16-6-3/h7,17H,4-6H2,1-3H3. The van der Waals surface area contributed by atoms with E-state index in [0.717, 1.165) is 0 Å². The molecule has 2 atom stereocenters. The lowest BCUT2D eigenvalue weighted by molar-refractivity contribution is -0.120. The fourth-order valence-electron chi connectivity index (χ4n) is 1.21. The van der Waals surface area contributed by atoms with Gasteiger partial charge in [-0.3, -0.25) is 9.13 Å². The van der Waals surface area contributed by atoms with Gasteiger partial charge < -0.3 is 13.6 Å². The molecular weight excluding hydrogens is 295 g/mol.